The number of nitrogens with zero attached hydrogens (tertiary/aromatic N) is 20. The largest absolute Gasteiger partial charge is 0.435 e. The second-order valence-electron chi connectivity index (χ2n) is 36.9. The molecule has 0 radical (unpaired) electrons. The molecule has 0 unspecified atom stereocenters. The molecule has 0 saturated heterocycles. The Morgan fingerprint density at radius 2 is 0.570 bits per heavy atom. The minimum absolute atomic E-state index is 0.139. The van der Waals surface area contributed by atoms with Crippen molar-refractivity contribution in [1.29, 1.82) is 0 Å². The smallest absolute Gasteiger partial charge is 0.227 e. The van der Waals surface area contributed by atoms with Crippen LogP contribution in [0.4, 0.5) is 86.0 Å². The van der Waals surface area contributed by atoms with E-state index in [1.54, 1.807) is 31.0 Å². The van der Waals surface area contributed by atoms with E-state index >= 15 is 0 Å². The number of rotatable bonds is 10. The SMILES string of the molecule is CCN1c2cccnc2N(c2c(C)ccc3c2oc2ncccc23)[C@H]1C.Cc1ccc2c(oc3ncccc32)c1N1c2ncccc2N(C(C)C)[C@@H]1C.Cc1ccc2c(oc3ncccc32)c1N1c2ncccc2N(C)[C@@H]1C.Cc1ccc2c(oc3ncccc32)c1N1c2ncccc2N(C2CCCC2)[C@@H]1C.Cc1ccc2c(oc3ncccc32)c1N1c2ncccc2N(CC(C)C)[C@@H]1C. The zero-order valence-electron chi connectivity index (χ0n) is 78.9. The molecule has 25 heteroatoms. The summed E-state index contributed by atoms with van der Waals surface area (Å²) in [6, 6.07) is 63.3. The number of fused-ring (bicyclic) bond motifs is 20. The summed E-state index contributed by atoms with van der Waals surface area (Å²) in [4.78, 5) is 69.3. The number of anilines is 15. The Kier molecular flexibility index (Phi) is 21.4. The van der Waals surface area contributed by atoms with Gasteiger partial charge in [0.2, 0.25) is 28.6 Å². The Balaban J connectivity index is 0.0000000981. The Morgan fingerprint density at radius 1 is 0.296 bits per heavy atom. The molecule has 0 spiro atoms. The van der Waals surface area contributed by atoms with E-state index in [-0.39, 0.29) is 30.8 Å². The maximum atomic E-state index is 6.30. The van der Waals surface area contributed by atoms with Gasteiger partial charge >= 0.3 is 0 Å². The summed E-state index contributed by atoms with van der Waals surface area (Å²) in [6.45, 7) is 34.8. The van der Waals surface area contributed by atoms with E-state index in [1.807, 2.05) is 85.6 Å². The molecule has 5 atom stereocenters. The molecule has 678 valence electrons. The van der Waals surface area contributed by atoms with Crippen LogP contribution < -0.4 is 49.0 Å². The van der Waals surface area contributed by atoms with Crippen molar-refractivity contribution in [3.63, 3.8) is 0 Å². The molecule has 20 aromatic rings. The van der Waals surface area contributed by atoms with Gasteiger partial charge in [-0.3, -0.25) is 0 Å². The Labute approximate surface area is 782 Å². The summed E-state index contributed by atoms with van der Waals surface area (Å²) in [6.07, 6.45) is 24.1. The van der Waals surface area contributed by atoms with E-state index in [4.69, 9.17) is 42.0 Å². The molecule has 5 aromatic carbocycles. The summed E-state index contributed by atoms with van der Waals surface area (Å²) in [5.41, 5.74) is 24.9. The summed E-state index contributed by atoms with van der Waals surface area (Å²) >= 11 is 0. The normalized spacial score (nSPS) is 17.3. The summed E-state index contributed by atoms with van der Waals surface area (Å²) in [5, 5.41) is 10.7. The highest BCUT2D eigenvalue weighted by molar-refractivity contribution is 6.15. The monoisotopic (exact) mass is 1790 g/mol. The van der Waals surface area contributed by atoms with Crippen molar-refractivity contribution in [2.24, 2.45) is 5.92 Å². The quantitative estimate of drug-likeness (QED) is 0.124. The molecule has 135 heavy (non-hydrogen) atoms. The average Bonchev–Trinajstić information content (AvgIpc) is 1.59. The Morgan fingerprint density at radius 3 is 0.919 bits per heavy atom. The summed E-state index contributed by atoms with van der Waals surface area (Å²) in [7, 11) is 2.10. The van der Waals surface area contributed by atoms with E-state index in [1.165, 1.54) is 48.2 Å². The summed E-state index contributed by atoms with van der Waals surface area (Å²) in [5.74, 6) is 5.48. The molecule has 25 nitrogen and oxygen atoms in total. The second kappa shape index (κ2) is 34.0. The first-order valence-electron chi connectivity index (χ1n) is 47.1. The fraction of sp³-hybridized carbons (Fsp3) is 0.273. The maximum absolute atomic E-state index is 6.30. The van der Waals surface area contributed by atoms with E-state index in [2.05, 4.69) is 317 Å². The van der Waals surface area contributed by atoms with Gasteiger partial charge in [-0.05, 0) is 258 Å². The fourth-order valence-electron chi connectivity index (χ4n) is 21.8. The minimum Gasteiger partial charge on any atom is -0.435 e. The lowest BCUT2D eigenvalue weighted by molar-refractivity contribution is 0.553. The minimum atomic E-state index is 0.139. The van der Waals surface area contributed by atoms with E-state index in [9.17, 15) is 0 Å². The van der Waals surface area contributed by atoms with Crippen LogP contribution in [0.3, 0.4) is 0 Å². The first-order chi connectivity index (χ1) is 65.7. The van der Waals surface area contributed by atoms with Gasteiger partial charge in [-0.1, -0.05) is 87.4 Å². The number of furan rings is 5. The van der Waals surface area contributed by atoms with Crippen molar-refractivity contribution >= 4 is 196 Å². The molecule has 0 amide bonds. The first kappa shape index (κ1) is 85.1. The lowest BCUT2D eigenvalue weighted by Gasteiger charge is -2.34. The third-order valence-electron chi connectivity index (χ3n) is 28.0. The molecule has 20 heterocycles. The van der Waals surface area contributed by atoms with Gasteiger partial charge in [0.15, 0.2) is 57.0 Å². The van der Waals surface area contributed by atoms with Crippen LogP contribution in [-0.2, 0) is 0 Å². The van der Waals surface area contributed by atoms with E-state index < -0.39 is 0 Å². The molecule has 5 aliphatic heterocycles. The number of aryl methyl sites for hydroxylation is 5. The van der Waals surface area contributed by atoms with Gasteiger partial charge in [0.25, 0.3) is 0 Å². The average molecular weight is 1790 g/mol. The zero-order valence-corrected chi connectivity index (χ0v) is 78.9. The predicted octanol–water partition coefficient (Wildman–Crippen LogP) is 26.6. The van der Waals surface area contributed by atoms with Crippen molar-refractivity contribution in [3.8, 4) is 0 Å². The number of benzene rings is 5. The van der Waals surface area contributed by atoms with Crippen LogP contribution in [-0.4, -0.2) is 113 Å². The number of hydrogen-bond donors (Lipinski definition) is 0. The van der Waals surface area contributed by atoms with Gasteiger partial charge in [0.1, 0.15) is 30.8 Å². The third kappa shape index (κ3) is 13.9. The highest BCUT2D eigenvalue weighted by Crippen LogP contribution is 2.55. The van der Waals surface area contributed by atoms with Gasteiger partial charge < -0.3 is 71.1 Å². The molecular formula is C110H108N20O5. The molecule has 15 aromatic heterocycles. The van der Waals surface area contributed by atoms with Crippen LogP contribution in [0.5, 0.6) is 0 Å². The zero-order chi connectivity index (χ0) is 92.6. The number of pyridine rings is 10. The molecule has 6 aliphatic rings. The van der Waals surface area contributed by atoms with Gasteiger partial charge in [0.05, 0.1) is 56.9 Å². The second-order valence-corrected chi connectivity index (χ2v) is 36.9. The van der Waals surface area contributed by atoms with Gasteiger partial charge in [-0.2, -0.15) is 0 Å². The standard InChI is InChI=1S/C24H24N4O.C23H24N4O.C22H22N4O.C21H20N4O.C20H18N4O/c1-15-11-12-18-19-9-5-14-26-24(19)29-22(18)21(15)28-16(2)27(17-7-3-4-8-17)20-10-6-13-25-23(20)28;1-14(2)13-26-16(4)27(22-19(26)8-6-11-24-22)20-15(3)9-10-17-18-7-5-12-25-23(18)28-21(17)20;1-13(2)25-15(4)26(21-18(25)8-6-11-23-21)19-14(3)9-10-16-17-7-5-12-24-22(17)27-20(16)19;1-4-24-14(3)25(20-17(24)8-6-11-22-20)18-13(2)9-10-15-16-7-5-12-23-21(16)26-19(15)18;1-12-8-9-14-15-6-4-11-22-20(15)25-18(14)17(12)24-13(2)23(3)16-7-5-10-21-19(16)24/h5-6,9-14,16-17H,3-4,7-8H2,1-2H3;5-12,14,16H,13H2,1-4H3;5-13,15H,1-4H3;5-12,14H,4H2,1-3H3;4-11,13H,1-3H3/t2*16-;15-;14-;13-/m00000/s1. The van der Waals surface area contributed by atoms with Gasteiger partial charge in [-0.15, -0.1) is 0 Å². The first-order valence-corrected chi connectivity index (χ1v) is 47.1. The third-order valence-corrected chi connectivity index (χ3v) is 28.0. The van der Waals surface area contributed by atoms with Crippen molar-refractivity contribution in [3.05, 3.63) is 272 Å². The van der Waals surface area contributed by atoms with Crippen LogP contribution in [0.15, 0.2) is 266 Å². The predicted molar refractivity (Wildman–Crippen MR) is 546 cm³/mol. The van der Waals surface area contributed by atoms with E-state index in [0.717, 1.165) is 186 Å². The number of aromatic nitrogens is 10. The molecule has 1 aliphatic carbocycles. The van der Waals surface area contributed by atoms with Crippen molar-refractivity contribution in [1.82, 2.24) is 49.8 Å². The lowest BCUT2D eigenvalue weighted by atomic mass is 10.1. The van der Waals surface area contributed by atoms with Gasteiger partial charge in [0, 0.05) is 148 Å². The Hall–Kier alpha value is -15.4. The summed E-state index contributed by atoms with van der Waals surface area (Å²) < 4.78 is 31.2. The fourth-order valence-corrected chi connectivity index (χ4v) is 21.8. The highest BCUT2D eigenvalue weighted by atomic mass is 16.4. The van der Waals surface area contributed by atoms with Gasteiger partial charge in [-0.25, -0.2) is 49.8 Å². The van der Waals surface area contributed by atoms with Crippen LogP contribution in [0.1, 0.15) is 123 Å². The van der Waals surface area contributed by atoms with Crippen LogP contribution in [0.2, 0.25) is 0 Å². The molecule has 0 N–H and O–H groups in total. The van der Waals surface area contributed by atoms with Crippen LogP contribution in [0, 0.1) is 40.5 Å². The lowest BCUT2D eigenvalue weighted by Crippen LogP contribution is -2.44. The van der Waals surface area contributed by atoms with Crippen LogP contribution in [0.25, 0.3) is 110 Å². The molecule has 0 bridgehead atoms. The maximum Gasteiger partial charge on any atom is 0.227 e. The highest BCUT2D eigenvalue weighted by Gasteiger charge is 2.45. The van der Waals surface area contributed by atoms with Crippen molar-refractivity contribution in [2.75, 3.05) is 69.1 Å². The molecular weight excluding hydrogens is 1680 g/mol. The Bertz CT molecular complexity index is 7970. The van der Waals surface area contributed by atoms with Crippen molar-refractivity contribution < 1.29 is 22.1 Å². The van der Waals surface area contributed by atoms with Crippen LogP contribution >= 0.6 is 0 Å². The molecule has 1 saturated carbocycles. The van der Waals surface area contributed by atoms with E-state index in [0.29, 0.717) is 46.6 Å². The number of hydrogen-bond acceptors (Lipinski definition) is 25. The topological polar surface area (TPSA) is 227 Å². The molecule has 26 rings (SSSR count). The van der Waals surface area contributed by atoms with Crippen molar-refractivity contribution in [2.45, 2.75) is 172 Å². The molecule has 1 fully saturated rings.